The van der Waals surface area contributed by atoms with E-state index in [1.807, 2.05) is 12.1 Å². The Morgan fingerprint density at radius 1 is 1.12 bits per heavy atom. The SMILES string of the molecule is COc1ccc(CC2c3cc(OC)c(OC)cc3CCN2CCCOC(O)/C=C/C(=O)O)cc1. The molecule has 2 N–H and O–H groups in total. The van der Waals surface area contributed by atoms with Gasteiger partial charge in [0.25, 0.3) is 0 Å². The lowest BCUT2D eigenvalue weighted by Gasteiger charge is -2.38. The van der Waals surface area contributed by atoms with Crippen LogP contribution in [0.4, 0.5) is 0 Å². The van der Waals surface area contributed by atoms with Gasteiger partial charge in [0.05, 0.1) is 27.9 Å². The van der Waals surface area contributed by atoms with Gasteiger partial charge in [0.15, 0.2) is 17.8 Å². The van der Waals surface area contributed by atoms with E-state index in [9.17, 15) is 9.90 Å². The molecule has 8 nitrogen and oxygen atoms in total. The van der Waals surface area contributed by atoms with E-state index in [4.69, 9.17) is 24.1 Å². The lowest BCUT2D eigenvalue weighted by molar-refractivity contribution is -0.131. The summed E-state index contributed by atoms with van der Waals surface area (Å²) in [5.41, 5.74) is 3.66. The number of carboxylic acid groups (broad SMARTS) is 1. The Bertz CT molecular complexity index is 974. The summed E-state index contributed by atoms with van der Waals surface area (Å²) in [7, 11) is 4.95. The molecule has 0 saturated heterocycles. The number of hydrogen-bond acceptors (Lipinski definition) is 7. The average molecular weight is 472 g/mol. The smallest absolute Gasteiger partial charge is 0.328 e. The van der Waals surface area contributed by atoms with E-state index in [0.717, 1.165) is 49.6 Å². The number of carboxylic acids is 1. The zero-order chi connectivity index (χ0) is 24.5. The van der Waals surface area contributed by atoms with E-state index in [1.165, 1.54) is 16.7 Å². The van der Waals surface area contributed by atoms with E-state index in [-0.39, 0.29) is 6.04 Å². The van der Waals surface area contributed by atoms with Crippen molar-refractivity contribution in [1.29, 1.82) is 0 Å². The van der Waals surface area contributed by atoms with E-state index in [1.54, 1.807) is 21.3 Å². The summed E-state index contributed by atoms with van der Waals surface area (Å²) in [5.74, 6) is 1.14. The highest BCUT2D eigenvalue weighted by Crippen LogP contribution is 2.39. The Morgan fingerprint density at radius 3 is 2.47 bits per heavy atom. The summed E-state index contributed by atoms with van der Waals surface area (Å²) >= 11 is 0. The molecule has 0 radical (unpaired) electrons. The molecule has 1 heterocycles. The second-order valence-corrected chi connectivity index (χ2v) is 8.07. The van der Waals surface area contributed by atoms with Gasteiger partial charge in [0.1, 0.15) is 5.75 Å². The summed E-state index contributed by atoms with van der Waals surface area (Å²) in [6, 6.07) is 12.4. The van der Waals surface area contributed by atoms with Gasteiger partial charge in [-0.15, -0.1) is 0 Å². The molecule has 0 aliphatic carbocycles. The van der Waals surface area contributed by atoms with Gasteiger partial charge in [-0.25, -0.2) is 4.79 Å². The summed E-state index contributed by atoms with van der Waals surface area (Å²) in [6.45, 7) is 1.96. The number of carbonyl (C=O) groups is 1. The number of ether oxygens (including phenoxy) is 4. The fourth-order valence-electron chi connectivity index (χ4n) is 4.26. The van der Waals surface area contributed by atoms with Crippen LogP contribution in [0.15, 0.2) is 48.6 Å². The van der Waals surface area contributed by atoms with Crippen LogP contribution in [0.2, 0.25) is 0 Å². The molecule has 1 aliphatic rings. The Hall–Kier alpha value is -3.07. The van der Waals surface area contributed by atoms with Crippen LogP contribution < -0.4 is 14.2 Å². The Labute approximate surface area is 200 Å². The maximum absolute atomic E-state index is 10.6. The first-order valence-electron chi connectivity index (χ1n) is 11.3. The minimum atomic E-state index is -1.23. The zero-order valence-corrected chi connectivity index (χ0v) is 19.9. The third-order valence-corrected chi connectivity index (χ3v) is 5.98. The Kier molecular flexibility index (Phi) is 9.33. The van der Waals surface area contributed by atoms with Crippen molar-refractivity contribution in [2.45, 2.75) is 31.6 Å². The molecular formula is C26H33NO7. The van der Waals surface area contributed by atoms with Gasteiger partial charge < -0.3 is 29.2 Å². The molecule has 1 aliphatic heterocycles. The molecule has 0 saturated carbocycles. The molecule has 2 atom stereocenters. The third-order valence-electron chi connectivity index (χ3n) is 5.98. The quantitative estimate of drug-likeness (QED) is 0.277. The van der Waals surface area contributed by atoms with Gasteiger partial charge in [-0.2, -0.15) is 0 Å². The normalized spacial score (nSPS) is 16.8. The van der Waals surface area contributed by atoms with Crippen LogP contribution in [-0.2, 0) is 22.4 Å². The first kappa shape index (κ1) is 25.6. The first-order chi connectivity index (χ1) is 16.4. The van der Waals surface area contributed by atoms with E-state index in [2.05, 4.69) is 29.2 Å². The van der Waals surface area contributed by atoms with Crippen LogP contribution in [0.25, 0.3) is 0 Å². The van der Waals surface area contributed by atoms with Crippen molar-refractivity contribution in [2.75, 3.05) is 41.0 Å². The molecule has 2 aromatic rings. The van der Waals surface area contributed by atoms with Gasteiger partial charge in [0, 0.05) is 25.2 Å². The number of aliphatic hydroxyl groups is 1. The second-order valence-electron chi connectivity index (χ2n) is 8.07. The maximum Gasteiger partial charge on any atom is 0.328 e. The Balaban J connectivity index is 1.76. The summed E-state index contributed by atoms with van der Waals surface area (Å²) in [5, 5.41) is 18.4. The molecular weight excluding hydrogens is 438 g/mol. The highest BCUT2D eigenvalue weighted by molar-refractivity contribution is 5.79. The van der Waals surface area contributed by atoms with Gasteiger partial charge in [-0.05, 0) is 66.3 Å². The number of fused-ring (bicyclic) bond motifs is 1. The van der Waals surface area contributed by atoms with Gasteiger partial charge in [-0.3, -0.25) is 4.90 Å². The number of hydrogen-bond donors (Lipinski definition) is 2. The van der Waals surface area contributed by atoms with Crippen LogP contribution >= 0.6 is 0 Å². The standard InChI is InChI=1S/C26H33NO7/c1-31-20-7-5-18(6-8-20)15-22-21-17-24(33-3)23(32-2)16-19(21)11-13-27(22)12-4-14-34-26(30)10-9-25(28)29/h5-10,16-17,22,26,30H,4,11-15H2,1-3H3,(H,28,29)/b10-9+. The molecule has 8 heteroatoms. The molecule has 3 rings (SSSR count). The summed E-state index contributed by atoms with van der Waals surface area (Å²) in [6.07, 6.45) is 3.16. The van der Waals surface area contributed by atoms with Crippen LogP contribution in [0, 0.1) is 0 Å². The summed E-state index contributed by atoms with van der Waals surface area (Å²) < 4.78 is 21.7. The number of methoxy groups -OCH3 is 3. The van der Waals surface area contributed by atoms with Crippen LogP contribution in [0.5, 0.6) is 17.2 Å². The average Bonchev–Trinajstić information content (AvgIpc) is 2.85. The lowest BCUT2D eigenvalue weighted by Crippen LogP contribution is -2.37. The maximum atomic E-state index is 10.6. The van der Waals surface area contributed by atoms with Crippen molar-refractivity contribution < 1.29 is 34.0 Å². The van der Waals surface area contributed by atoms with Crippen molar-refractivity contribution in [3.05, 3.63) is 65.2 Å². The second kappa shape index (κ2) is 12.4. The number of rotatable bonds is 12. The van der Waals surface area contributed by atoms with Gasteiger partial charge in [0.2, 0.25) is 0 Å². The van der Waals surface area contributed by atoms with Crippen LogP contribution in [0.3, 0.4) is 0 Å². The Morgan fingerprint density at radius 2 is 1.82 bits per heavy atom. The van der Waals surface area contributed by atoms with Crippen LogP contribution in [-0.4, -0.2) is 68.4 Å². The molecule has 0 amide bonds. The number of aliphatic carboxylic acids is 1. The zero-order valence-electron chi connectivity index (χ0n) is 19.9. The topological polar surface area (TPSA) is 97.7 Å². The third kappa shape index (κ3) is 6.72. The van der Waals surface area contributed by atoms with Crippen molar-refractivity contribution >= 4 is 5.97 Å². The van der Waals surface area contributed by atoms with Crippen LogP contribution in [0.1, 0.15) is 29.2 Å². The van der Waals surface area contributed by atoms with Crippen molar-refractivity contribution in [2.24, 2.45) is 0 Å². The molecule has 0 fully saturated rings. The fourth-order valence-corrected chi connectivity index (χ4v) is 4.26. The van der Waals surface area contributed by atoms with Gasteiger partial charge in [-0.1, -0.05) is 12.1 Å². The van der Waals surface area contributed by atoms with Crippen molar-refractivity contribution in [3.63, 3.8) is 0 Å². The molecule has 2 unspecified atom stereocenters. The number of aliphatic hydroxyl groups excluding tert-OH is 1. The highest BCUT2D eigenvalue weighted by atomic mass is 16.6. The van der Waals surface area contributed by atoms with Crippen molar-refractivity contribution in [1.82, 2.24) is 4.90 Å². The lowest BCUT2D eigenvalue weighted by atomic mass is 9.88. The molecule has 0 spiro atoms. The summed E-state index contributed by atoms with van der Waals surface area (Å²) in [4.78, 5) is 13.0. The van der Waals surface area contributed by atoms with E-state index >= 15 is 0 Å². The van der Waals surface area contributed by atoms with E-state index in [0.29, 0.717) is 18.8 Å². The first-order valence-corrected chi connectivity index (χ1v) is 11.3. The molecule has 184 valence electrons. The van der Waals surface area contributed by atoms with Crippen molar-refractivity contribution in [3.8, 4) is 17.2 Å². The fraction of sp³-hybridized carbons (Fsp3) is 0.423. The van der Waals surface area contributed by atoms with Gasteiger partial charge >= 0.3 is 5.97 Å². The van der Waals surface area contributed by atoms with E-state index < -0.39 is 12.3 Å². The predicted molar refractivity (Wildman–Crippen MR) is 128 cm³/mol. The largest absolute Gasteiger partial charge is 0.497 e. The number of nitrogens with zero attached hydrogens (tertiary/aromatic N) is 1. The minimum absolute atomic E-state index is 0.133. The molecule has 34 heavy (non-hydrogen) atoms. The molecule has 0 aromatic heterocycles. The molecule has 2 aromatic carbocycles. The minimum Gasteiger partial charge on any atom is -0.497 e. The molecule has 0 bridgehead atoms. The predicted octanol–water partition coefficient (Wildman–Crippen LogP) is 3.22. The monoisotopic (exact) mass is 471 g/mol. The number of benzene rings is 2. The highest BCUT2D eigenvalue weighted by Gasteiger charge is 2.29.